The number of hydrogen-bond acceptors (Lipinski definition) is 6. The molecule has 2 heterocycles. The van der Waals surface area contributed by atoms with E-state index >= 15 is 4.39 Å². The minimum absolute atomic E-state index is 0.00149. The van der Waals surface area contributed by atoms with Crippen LogP contribution >= 0.6 is 0 Å². The minimum Gasteiger partial charge on any atom is -0.363 e. The molecular formula is C25H31F2N7O. The van der Waals surface area contributed by atoms with Gasteiger partial charge in [-0.2, -0.15) is 5.10 Å². The van der Waals surface area contributed by atoms with Crippen molar-refractivity contribution in [2.45, 2.75) is 58.2 Å². The summed E-state index contributed by atoms with van der Waals surface area (Å²) < 4.78 is 28.4. The van der Waals surface area contributed by atoms with Crippen LogP contribution in [-0.4, -0.2) is 27.1 Å². The van der Waals surface area contributed by atoms with Gasteiger partial charge in [0.15, 0.2) is 17.5 Å². The smallest absolute Gasteiger partial charge is 0.237 e. The molecule has 1 amide bonds. The molecule has 1 aliphatic carbocycles. The highest BCUT2D eigenvalue weighted by molar-refractivity contribution is 5.81. The van der Waals surface area contributed by atoms with Gasteiger partial charge in [0, 0.05) is 35.8 Å². The Morgan fingerprint density at radius 2 is 1.86 bits per heavy atom. The molecule has 186 valence electrons. The molecule has 0 unspecified atom stereocenters. The number of anilines is 3. The summed E-state index contributed by atoms with van der Waals surface area (Å²) in [4.78, 5) is 16.8. The number of pyridine rings is 1. The van der Waals surface area contributed by atoms with E-state index in [-0.39, 0.29) is 36.0 Å². The number of H-pyrrole nitrogens is 1. The van der Waals surface area contributed by atoms with Crippen LogP contribution in [0.4, 0.5) is 26.2 Å². The van der Waals surface area contributed by atoms with E-state index < -0.39 is 11.9 Å². The fourth-order valence-electron chi connectivity index (χ4n) is 3.64. The van der Waals surface area contributed by atoms with Crippen LogP contribution in [0.15, 0.2) is 36.4 Å². The van der Waals surface area contributed by atoms with E-state index in [1.807, 2.05) is 26.8 Å². The SMILES string of the molecule is CC(C)[C@H](N)C(=O)NCc1cc(F)c(Nc2cc(C3CC3)[nH]n2)nc1N[C@@H](C)c1ccc(F)cc1. The zero-order valence-corrected chi connectivity index (χ0v) is 20.0. The number of hydrogen-bond donors (Lipinski definition) is 5. The van der Waals surface area contributed by atoms with E-state index in [4.69, 9.17) is 5.73 Å². The molecule has 1 fully saturated rings. The highest BCUT2D eigenvalue weighted by Gasteiger charge is 2.26. The molecule has 6 N–H and O–H groups in total. The zero-order chi connectivity index (χ0) is 25.1. The summed E-state index contributed by atoms with van der Waals surface area (Å²) in [5, 5.41) is 16.1. The number of carbonyl (C=O) groups is 1. The summed E-state index contributed by atoms with van der Waals surface area (Å²) >= 11 is 0. The first-order chi connectivity index (χ1) is 16.7. The molecule has 2 aromatic heterocycles. The molecule has 1 aliphatic rings. The lowest BCUT2D eigenvalue weighted by molar-refractivity contribution is -0.123. The fraction of sp³-hybridized carbons (Fsp3) is 0.400. The number of aromatic nitrogens is 3. The van der Waals surface area contributed by atoms with Gasteiger partial charge in [-0.05, 0) is 49.4 Å². The van der Waals surface area contributed by atoms with E-state index in [2.05, 4.69) is 31.1 Å². The van der Waals surface area contributed by atoms with Crippen LogP contribution in [0, 0.1) is 17.6 Å². The number of carbonyl (C=O) groups excluding carboxylic acids is 1. The van der Waals surface area contributed by atoms with Crippen molar-refractivity contribution in [1.29, 1.82) is 0 Å². The number of halogens is 2. The number of amides is 1. The summed E-state index contributed by atoms with van der Waals surface area (Å²) in [6.07, 6.45) is 2.23. The van der Waals surface area contributed by atoms with Gasteiger partial charge in [0.1, 0.15) is 11.6 Å². The van der Waals surface area contributed by atoms with Crippen LogP contribution in [0.1, 0.15) is 62.4 Å². The van der Waals surface area contributed by atoms with Crippen molar-refractivity contribution >= 4 is 23.4 Å². The average molecular weight is 484 g/mol. The average Bonchev–Trinajstić information content (AvgIpc) is 3.58. The highest BCUT2D eigenvalue weighted by Crippen LogP contribution is 2.39. The molecule has 0 radical (unpaired) electrons. The summed E-state index contributed by atoms with van der Waals surface area (Å²) in [5.74, 6) is 0.0442. The van der Waals surface area contributed by atoms with Gasteiger partial charge in [-0.25, -0.2) is 13.8 Å². The Morgan fingerprint density at radius 3 is 2.51 bits per heavy atom. The number of aromatic amines is 1. The third kappa shape index (κ3) is 6.13. The van der Waals surface area contributed by atoms with E-state index in [1.54, 1.807) is 12.1 Å². The number of nitrogens with two attached hydrogens (primary N) is 1. The third-order valence-electron chi connectivity index (χ3n) is 6.11. The first kappa shape index (κ1) is 24.6. The predicted molar refractivity (Wildman–Crippen MR) is 131 cm³/mol. The summed E-state index contributed by atoms with van der Waals surface area (Å²) in [5.41, 5.74) is 8.22. The Balaban J connectivity index is 1.58. The molecule has 0 saturated heterocycles. The maximum atomic E-state index is 15.0. The van der Waals surface area contributed by atoms with E-state index in [1.165, 1.54) is 18.2 Å². The standard InChI is InChI=1S/C25H31F2N7O/c1-13(2)22(28)25(35)29-12-17-10-19(27)24(31-21-11-20(33-34-21)16-4-5-16)32-23(17)30-14(3)15-6-8-18(26)9-7-15/h6-11,13-14,16,22H,4-5,12,28H2,1-3H3,(H,29,35)(H3,30,31,32,33,34)/t14-,22-/m0/s1. The lowest BCUT2D eigenvalue weighted by atomic mass is 10.0. The Labute approximate surface area is 203 Å². The topological polar surface area (TPSA) is 121 Å². The van der Waals surface area contributed by atoms with Gasteiger partial charge in [-0.15, -0.1) is 0 Å². The van der Waals surface area contributed by atoms with Crippen LogP contribution in [-0.2, 0) is 11.3 Å². The van der Waals surface area contributed by atoms with Crippen LogP contribution in [0.5, 0.6) is 0 Å². The van der Waals surface area contributed by atoms with E-state index in [0.29, 0.717) is 23.1 Å². The molecule has 4 rings (SSSR count). The molecule has 0 bridgehead atoms. The number of nitrogens with one attached hydrogen (secondary N) is 4. The van der Waals surface area contributed by atoms with Crippen LogP contribution in [0.25, 0.3) is 0 Å². The van der Waals surface area contributed by atoms with E-state index in [9.17, 15) is 9.18 Å². The van der Waals surface area contributed by atoms with Crippen molar-refractivity contribution in [3.05, 3.63) is 64.9 Å². The normalized spacial score (nSPS) is 15.1. The monoisotopic (exact) mass is 483 g/mol. The maximum absolute atomic E-state index is 15.0. The zero-order valence-electron chi connectivity index (χ0n) is 20.0. The molecule has 3 aromatic rings. The van der Waals surface area contributed by atoms with Crippen molar-refractivity contribution in [3.63, 3.8) is 0 Å². The van der Waals surface area contributed by atoms with Crippen molar-refractivity contribution in [2.75, 3.05) is 10.6 Å². The van der Waals surface area contributed by atoms with Crippen LogP contribution in [0.3, 0.4) is 0 Å². The summed E-state index contributed by atoms with van der Waals surface area (Å²) in [7, 11) is 0. The van der Waals surface area contributed by atoms with Gasteiger partial charge in [0.05, 0.1) is 6.04 Å². The molecule has 1 saturated carbocycles. The second kappa shape index (κ2) is 10.4. The largest absolute Gasteiger partial charge is 0.363 e. The second-order valence-corrected chi connectivity index (χ2v) is 9.34. The number of rotatable bonds is 10. The summed E-state index contributed by atoms with van der Waals surface area (Å²) in [6, 6.07) is 8.33. The molecule has 8 nitrogen and oxygen atoms in total. The Morgan fingerprint density at radius 1 is 1.14 bits per heavy atom. The maximum Gasteiger partial charge on any atom is 0.237 e. The molecule has 1 aromatic carbocycles. The molecule has 10 heteroatoms. The van der Waals surface area contributed by atoms with Crippen LogP contribution < -0.4 is 21.7 Å². The molecule has 2 atom stereocenters. The first-order valence-corrected chi connectivity index (χ1v) is 11.8. The molecule has 0 aliphatic heterocycles. The third-order valence-corrected chi connectivity index (χ3v) is 6.11. The molecular weight excluding hydrogens is 452 g/mol. The van der Waals surface area contributed by atoms with Gasteiger partial charge in [0.2, 0.25) is 5.91 Å². The Hall–Kier alpha value is -3.53. The highest BCUT2D eigenvalue weighted by atomic mass is 19.1. The van der Waals surface area contributed by atoms with E-state index in [0.717, 1.165) is 24.1 Å². The van der Waals surface area contributed by atoms with Gasteiger partial charge in [-0.3, -0.25) is 9.89 Å². The number of benzene rings is 1. The van der Waals surface area contributed by atoms with Crippen molar-refractivity contribution in [2.24, 2.45) is 11.7 Å². The predicted octanol–water partition coefficient (Wildman–Crippen LogP) is 4.48. The number of nitrogens with zero attached hydrogens (tertiary/aromatic N) is 2. The lowest BCUT2D eigenvalue weighted by Gasteiger charge is -2.20. The van der Waals surface area contributed by atoms with Crippen molar-refractivity contribution in [3.8, 4) is 0 Å². The first-order valence-electron chi connectivity index (χ1n) is 11.8. The van der Waals surface area contributed by atoms with Crippen molar-refractivity contribution in [1.82, 2.24) is 20.5 Å². The Kier molecular flexibility index (Phi) is 7.30. The van der Waals surface area contributed by atoms with Gasteiger partial charge in [-0.1, -0.05) is 26.0 Å². The van der Waals surface area contributed by atoms with Crippen molar-refractivity contribution < 1.29 is 13.6 Å². The van der Waals surface area contributed by atoms with Gasteiger partial charge < -0.3 is 21.7 Å². The Bertz CT molecular complexity index is 1180. The van der Waals surface area contributed by atoms with Gasteiger partial charge in [0.25, 0.3) is 0 Å². The molecule has 35 heavy (non-hydrogen) atoms. The second-order valence-electron chi connectivity index (χ2n) is 9.34. The summed E-state index contributed by atoms with van der Waals surface area (Å²) in [6.45, 7) is 5.63. The van der Waals surface area contributed by atoms with Gasteiger partial charge >= 0.3 is 0 Å². The lowest BCUT2D eigenvalue weighted by Crippen LogP contribution is -2.43. The minimum atomic E-state index is -0.677. The fourth-order valence-corrected chi connectivity index (χ4v) is 3.64. The molecule has 0 spiro atoms. The quantitative estimate of drug-likeness (QED) is 0.290. The van der Waals surface area contributed by atoms with Crippen LogP contribution in [0.2, 0.25) is 0 Å².